The van der Waals surface area contributed by atoms with Crippen molar-refractivity contribution in [2.45, 2.75) is 18.9 Å². The van der Waals surface area contributed by atoms with E-state index in [1.165, 1.54) is 0 Å². The second kappa shape index (κ2) is 6.56. The zero-order valence-corrected chi connectivity index (χ0v) is 13.1. The number of nitrogens with zero attached hydrogens (tertiary/aromatic N) is 1. The molecule has 1 fully saturated rings. The van der Waals surface area contributed by atoms with Crippen LogP contribution in [-0.2, 0) is 0 Å². The van der Waals surface area contributed by atoms with Crippen LogP contribution < -0.4 is 20.1 Å². The highest BCUT2D eigenvalue weighted by atomic mass is 16.5. The van der Waals surface area contributed by atoms with Crippen LogP contribution >= 0.6 is 0 Å². The maximum atomic E-state index is 12.4. The highest BCUT2D eigenvalue weighted by Gasteiger charge is 2.21. The highest BCUT2D eigenvalue weighted by Crippen LogP contribution is 2.29. The Balaban J connectivity index is 1.78. The van der Waals surface area contributed by atoms with E-state index >= 15 is 0 Å². The van der Waals surface area contributed by atoms with Crippen LogP contribution in [0.25, 0.3) is 0 Å². The van der Waals surface area contributed by atoms with E-state index < -0.39 is 0 Å². The summed E-state index contributed by atoms with van der Waals surface area (Å²) in [4.78, 5) is 16.8. The summed E-state index contributed by atoms with van der Waals surface area (Å²) in [6.45, 7) is 0. The summed E-state index contributed by atoms with van der Waals surface area (Å²) in [5.74, 6) is 1.62. The molecule has 1 amide bonds. The summed E-state index contributed by atoms with van der Waals surface area (Å²) < 4.78 is 10.4. The van der Waals surface area contributed by atoms with E-state index in [1.807, 2.05) is 12.1 Å². The Kier molecular flexibility index (Phi) is 4.32. The first kappa shape index (κ1) is 15.1. The van der Waals surface area contributed by atoms with Crippen LogP contribution in [0.5, 0.6) is 11.5 Å². The number of ether oxygens (including phenoxy) is 2. The Labute approximate surface area is 134 Å². The lowest BCUT2D eigenvalue weighted by Crippen LogP contribution is -2.15. The monoisotopic (exact) mass is 313 g/mol. The number of benzene rings is 1. The average Bonchev–Trinajstić information content (AvgIpc) is 3.39. The third kappa shape index (κ3) is 3.71. The van der Waals surface area contributed by atoms with Crippen molar-refractivity contribution in [2.24, 2.45) is 0 Å². The van der Waals surface area contributed by atoms with E-state index in [-0.39, 0.29) is 5.91 Å². The Bertz CT molecular complexity index is 714. The number of methoxy groups -OCH3 is 2. The zero-order valence-electron chi connectivity index (χ0n) is 13.1. The van der Waals surface area contributed by atoms with Crippen molar-refractivity contribution in [1.29, 1.82) is 0 Å². The fraction of sp³-hybridized carbons (Fsp3) is 0.294. The topological polar surface area (TPSA) is 72.5 Å². The quantitative estimate of drug-likeness (QED) is 0.858. The van der Waals surface area contributed by atoms with Crippen LogP contribution in [0.3, 0.4) is 0 Å². The number of carbonyl (C=O) groups excluding carboxylic acids is 1. The molecule has 0 radical (unpaired) electrons. The van der Waals surface area contributed by atoms with Gasteiger partial charge in [0, 0.05) is 12.1 Å². The number of anilines is 2. The molecule has 23 heavy (non-hydrogen) atoms. The zero-order chi connectivity index (χ0) is 16.2. The molecule has 1 aliphatic carbocycles. The minimum atomic E-state index is -0.295. The first-order chi connectivity index (χ1) is 11.2. The van der Waals surface area contributed by atoms with E-state index in [0.29, 0.717) is 28.9 Å². The lowest BCUT2D eigenvalue weighted by Gasteiger charge is -2.12. The van der Waals surface area contributed by atoms with Gasteiger partial charge in [-0.2, -0.15) is 0 Å². The second-order valence-electron chi connectivity index (χ2n) is 5.35. The molecule has 2 aromatic rings. The standard InChI is InChI=1S/C17H19N3O3/c1-22-12-8-9-15(23-2)14(10-12)20-17(21)13-4-3-5-16(19-13)18-11-6-7-11/h3-5,8-11H,6-7H2,1-2H3,(H,18,19)(H,20,21). The van der Waals surface area contributed by atoms with Crippen molar-refractivity contribution in [1.82, 2.24) is 4.98 Å². The molecule has 1 heterocycles. The number of pyridine rings is 1. The number of hydrogen-bond donors (Lipinski definition) is 2. The number of hydrogen-bond acceptors (Lipinski definition) is 5. The number of nitrogens with one attached hydrogen (secondary N) is 2. The molecule has 6 heteroatoms. The maximum absolute atomic E-state index is 12.4. The van der Waals surface area contributed by atoms with Gasteiger partial charge in [0.15, 0.2) is 0 Å². The van der Waals surface area contributed by atoms with Gasteiger partial charge >= 0.3 is 0 Å². The van der Waals surface area contributed by atoms with Crippen molar-refractivity contribution in [3.05, 3.63) is 42.1 Å². The minimum absolute atomic E-state index is 0.295. The third-order valence-electron chi connectivity index (χ3n) is 3.57. The van der Waals surface area contributed by atoms with Crippen LogP contribution in [0, 0.1) is 0 Å². The van der Waals surface area contributed by atoms with Crippen molar-refractivity contribution in [3.8, 4) is 11.5 Å². The van der Waals surface area contributed by atoms with Crippen molar-refractivity contribution in [3.63, 3.8) is 0 Å². The normalized spacial score (nSPS) is 13.3. The Hall–Kier alpha value is -2.76. The number of carbonyl (C=O) groups is 1. The van der Waals surface area contributed by atoms with Gasteiger partial charge in [0.1, 0.15) is 23.0 Å². The van der Waals surface area contributed by atoms with Gasteiger partial charge in [-0.3, -0.25) is 4.79 Å². The summed E-state index contributed by atoms with van der Waals surface area (Å²) in [5.41, 5.74) is 0.889. The summed E-state index contributed by atoms with van der Waals surface area (Å²) in [6.07, 6.45) is 2.30. The van der Waals surface area contributed by atoms with Crippen LogP contribution in [-0.4, -0.2) is 31.2 Å². The van der Waals surface area contributed by atoms with E-state index in [1.54, 1.807) is 38.5 Å². The summed E-state index contributed by atoms with van der Waals surface area (Å²) in [5, 5.41) is 6.09. The molecular weight excluding hydrogens is 294 g/mol. The molecule has 0 aliphatic heterocycles. The Morgan fingerprint density at radius 3 is 2.70 bits per heavy atom. The van der Waals surface area contributed by atoms with Gasteiger partial charge in [0.05, 0.1) is 19.9 Å². The molecule has 1 aromatic carbocycles. The van der Waals surface area contributed by atoms with Gasteiger partial charge in [-0.15, -0.1) is 0 Å². The lowest BCUT2D eigenvalue weighted by atomic mass is 10.2. The molecule has 3 rings (SSSR count). The molecule has 0 bridgehead atoms. The smallest absolute Gasteiger partial charge is 0.274 e. The van der Waals surface area contributed by atoms with E-state index in [0.717, 1.165) is 18.7 Å². The maximum Gasteiger partial charge on any atom is 0.274 e. The Morgan fingerprint density at radius 1 is 1.17 bits per heavy atom. The third-order valence-corrected chi connectivity index (χ3v) is 3.57. The van der Waals surface area contributed by atoms with Crippen molar-refractivity contribution >= 4 is 17.4 Å². The predicted molar refractivity (Wildman–Crippen MR) is 88.4 cm³/mol. The van der Waals surface area contributed by atoms with Crippen LogP contribution in [0.15, 0.2) is 36.4 Å². The van der Waals surface area contributed by atoms with E-state index in [9.17, 15) is 4.79 Å². The molecule has 6 nitrogen and oxygen atoms in total. The van der Waals surface area contributed by atoms with Crippen LogP contribution in [0.4, 0.5) is 11.5 Å². The number of rotatable bonds is 6. The van der Waals surface area contributed by atoms with Crippen molar-refractivity contribution < 1.29 is 14.3 Å². The van der Waals surface area contributed by atoms with Crippen LogP contribution in [0.1, 0.15) is 23.3 Å². The molecule has 1 saturated carbocycles. The van der Waals surface area contributed by atoms with Gasteiger partial charge in [0.2, 0.25) is 0 Å². The fourth-order valence-electron chi connectivity index (χ4n) is 2.18. The SMILES string of the molecule is COc1ccc(OC)c(NC(=O)c2cccc(NC3CC3)n2)c1. The molecule has 1 aliphatic rings. The average molecular weight is 313 g/mol. The number of aromatic nitrogens is 1. The molecule has 120 valence electrons. The summed E-state index contributed by atoms with van der Waals surface area (Å²) in [7, 11) is 3.12. The first-order valence-corrected chi connectivity index (χ1v) is 7.46. The highest BCUT2D eigenvalue weighted by molar-refractivity contribution is 6.04. The molecule has 0 spiro atoms. The van der Waals surface area contributed by atoms with E-state index in [2.05, 4.69) is 15.6 Å². The van der Waals surface area contributed by atoms with Gasteiger partial charge < -0.3 is 20.1 Å². The first-order valence-electron chi connectivity index (χ1n) is 7.46. The van der Waals surface area contributed by atoms with Crippen LogP contribution in [0.2, 0.25) is 0 Å². The molecule has 0 saturated heterocycles. The van der Waals surface area contributed by atoms with Gasteiger partial charge in [-0.1, -0.05) is 6.07 Å². The number of amides is 1. The summed E-state index contributed by atoms with van der Waals surface area (Å²) >= 11 is 0. The van der Waals surface area contributed by atoms with Crippen molar-refractivity contribution in [2.75, 3.05) is 24.9 Å². The van der Waals surface area contributed by atoms with Gasteiger partial charge in [-0.05, 0) is 37.1 Å². The van der Waals surface area contributed by atoms with E-state index in [4.69, 9.17) is 9.47 Å². The molecule has 2 N–H and O–H groups in total. The fourth-order valence-corrected chi connectivity index (χ4v) is 2.18. The summed E-state index contributed by atoms with van der Waals surface area (Å²) in [6, 6.07) is 11.1. The Morgan fingerprint density at radius 2 is 2.00 bits per heavy atom. The molecule has 1 aromatic heterocycles. The lowest BCUT2D eigenvalue weighted by molar-refractivity contribution is 0.102. The van der Waals surface area contributed by atoms with Gasteiger partial charge in [0.25, 0.3) is 5.91 Å². The molecule has 0 unspecified atom stereocenters. The predicted octanol–water partition coefficient (Wildman–Crippen LogP) is 2.93. The minimum Gasteiger partial charge on any atom is -0.497 e. The van der Waals surface area contributed by atoms with Gasteiger partial charge in [-0.25, -0.2) is 4.98 Å². The largest absolute Gasteiger partial charge is 0.497 e. The molecular formula is C17H19N3O3. The second-order valence-corrected chi connectivity index (χ2v) is 5.35. The molecule has 0 atom stereocenters.